The zero-order valence-corrected chi connectivity index (χ0v) is 24.3. The van der Waals surface area contributed by atoms with Gasteiger partial charge in [0.2, 0.25) is 10.0 Å². The maximum atomic E-state index is 13.1. The van der Waals surface area contributed by atoms with Crippen LogP contribution in [0.25, 0.3) is 0 Å². The number of aryl methyl sites for hydroxylation is 2. The van der Waals surface area contributed by atoms with Crippen LogP contribution in [0, 0.1) is 13.8 Å². The van der Waals surface area contributed by atoms with Crippen molar-refractivity contribution in [3.63, 3.8) is 0 Å². The van der Waals surface area contributed by atoms with Crippen LogP contribution in [0.1, 0.15) is 28.4 Å². The summed E-state index contributed by atoms with van der Waals surface area (Å²) in [6, 6.07) is 23.2. The number of para-hydroxylation sites is 1. The Labute approximate surface area is 244 Å². The fourth-order valence-electron chi connectivity index (χ4n) is 3.90. The van der Waals surface area contributed by atoms with Crippen molar-refractivity contribution >= 4 is 38.9 Å². The van der Waals surface area contributed by atoms with Gasteiger partial charge in [-0.15, -0.1) is 0 Å². The second kappa shape index (κ2) is 12.6. The second-order valence-electron chi connectivity index (χ2n) is 9.70. The molecule has 42 heavy (non-hydrogen) atoms. The first kappa shape index (κ1) is 29.9. The van der Waals surface area contributed by atoms with Gasteiger partial charge in [0.05, 0.1) is 17.6 Å². The molecule has 218 valence electrons. The van der Waals surface area contributed by atoms with E-state index in [4.69, 9.17) is 9.47 Å². The summed E-state index contributed by atoms with van der Waals surface area (Å²) in [7, 11) is -3.44. The molecule has 1 atom stereocenters. The average Bonchev–Trinajstić information content (AvgIpc) is 2.92. The molecule has 4 rings (SSSR count). The molecule has 0 spiro atoms. The van der Waals surface area contributed by atoms with E-state index in [2.05, 4.69) is 15.4 Å². The third kappa shape index (κ3) is 8.01. The maximum Gasteiger partial charge on any atom is 0.265 e. The van der Waals surface area contributed by atoms with Gasteiger partial charge in [-0.1, -0.05) is 35.9 Å². The van der Waals surface area contributed by atoms with Crippen LogP contribution in [0.2, 0.25) is 0 Å². The third-order valence-electron chi connectivity index (χ3n) is 6.04. The zero-order chi connectivity index (χ0) is 30.4. The van der Waals surface area contributed by atoms with Crippen molar-refractivity contribution in [3.05, 3.63) is 102 Å². The van der Waals surface area contributed by atoms with Crippen LogP contribution in [0.4, 0.5) is 17.1 Å². The summed E-state index contributed by atoms with van der Waals surface area (Å²) in [6.45, 7) is 5.18. The van der Waals surface area contributed by atoms with Crippen LogP contribution in [0.5, 0.6) is 23.0 Å². The highest BCUT2D eigenvalue weighted by Crippen LogP contribution is 2.38. The summed E-state index contributed by atoms with van der Waals surface area (Å²) < 4.78 is 37.3. The molecular weight excluding hydrogens is 558 g/mol. The molecule has 1 unspecified atom stereocenters. The summed E-state index contributed by atoms with van der Waals surface area (Å²) in [5.41, 5.74) is 2.63. The number of hydrogen-bond donors (Lipinski definition) is 4. The molecule has 0 fully saturated rings. The van der Waals surface area contributed by atoms with Crippen molar-refractivity contribution in [3.8, 4) is 23.0 Å². The quantitative estimate of drug-likeness (QED) is 0.170. The summed E-state index contributed by atoms with van der Waals surface area (Å²) in [5.74, 6) is -0.230. The average molecular weight is 590 g/mol. The van der Waals surface area contributed by atoms with Crippen molar-refractivity contribution in [1.29, 1.82) is 0 Å². The van der Waals surface area contributed by atoms with Crippen molar-refractivity contribution in [1.82, 2.24) is 0 Å². The van der Waals surface area contributed by atoms with E-state index < -0.39 is 27.9 Å². The first-order chi connectivity index (χ1) is 19.9. The number of amides is 2. The molecule has 4 aromatic carbocycles. The van der Waals surface area contributed by atoms with E-state index in [1.807, 2.05) is 25.1 Å². The molecule has 0 aromatic heterocycles. The molecule has 0 heterocycles. The molecule has 0 radical (unpaired) electrons. The van der Waals surface area contributed by atoms with E-state index in [-0.39, 0.29) is 22.9 Å². The molecule has 0 saturated heterocycles. The van der Waals surface area contributed by atoms with Gasteiger partial charge < -0.3 is 25.2 Å². The van der Waals surface area contributed by atoms with Gasteiger partial charge >= 0.3 is 0 Å². The largest absolute Gasteiger partial charge is 0.506 e. The van der Waals surface area contributed by atoms with Crippen molar-refractivity contribution in [2.24, 2.45) is 0 Å². The number of aromatic hydroxyl groups is 1. The highest BCUT2D eigenvalue weighted by Gasteiger charge is 2.21. The molecule has 0 saturated carbocycles. The number of hydrogen-bond acceptors (Lipinski definition) is 7. The van der Waals surface area contributed by atoms with Crippen molar-refractivity contribution < 1.29 is 32.6 Å². The van der Waals surface area contributed by atoms with Gasteiger partial charge in [0.25, 0.3) is 11.8 Å². The minimum Gasteiger partial charge on any atom is -0.506 e. The Balaban J connectivity index is 1.55. The van der Waals surface area contributed by atoms with E-state index in [1.165, 1.54) is 18.2 Å². The minimum atomic E-state index is -3.44. The Morgan fingerprint density at radius 3 is 2.17 bits per heavy atom. The Morgan fingerprint density at radius 2 is 1.52 bits per heavy atom. The maximum absolute atomic E-state index is 13.1. The topological polar surface area (TPSA) is 143 Å². The molecule has 4 N–H and O–H groups in total. The van der Waals surface area contributed by atoms with Gasteiger partial charge in [0.1, 0.15) is 17.2 Å². The van der Waals surface area contributed by atoms with Gasteiger partial charge in [-0.3, -0.25) is 14.3 Å². The molecule has 0 aliphatic carbocycles. The number of ether oxygens (including phenoxy) is 2. The summed E-state index contributed by atoms with van der Waals surface area (Å²) in [6.07, 6.45) is 0.0714. The Kier molecular flexibility index (Phi) is 9.02. The van der Waals surface area contributed by atoms with Crippen LogP contribution >= 0.6 is 0 Å². The van der Waals surface area contributed by atoms with Crippen LogP contribution < -0.4 is 24.8 Å². The molecular formula is C31H31N3O7S. The van der Waals surface area contributed by atoms with Crippen LogP contribution in [0.15, 0.2) is 84.9 Å². The monoisotopic (exact) mass is 589 g/mol. The molecule has 2 amide bonds. The van der Waals surface area contributed by atoms with Gasteiger partial charge in [0.15, 0.2) is 11.9 Å². The lowest BCUT2D eigenvalue weighted by atomic mass is 10.1. The van der Waals surface area contributed by atoms with Crippen LogP contribution in [-0.4, -0.2) is 37.7 Å². The van der Waals surface area contributed by atoms with Gasteiger partial charge in [-0.05, 0) is 68.8 Å². The first-order valence-corrected chi connectivity index (χ1v) is 14.8. The first-order valence-electron chi connectivity index (χ1n) is 12.9. The fourth-order valence-corrected chi connectivity index (χ4v) is 4.46. The SMILES string of the molecule is Cc1ccc(C(=O)Nc2cc(Oc3ccccc3)c(NC(=O)C(C)Oc3ccc(NS(C)(=O)=O)cc3C)cc2O)cc1. The number of phenolic OH excluding ortho intramolecular Hbond substituents is 1. The smallest absolute Gasteiger partial charge is 0.265 e. The third-order valence-corrected chi connectivity index (χ3v) is 6.65. The molecule has 0 aliphatic heterocycles. The van der Waals surface area contributed by atoms with E-state index in [1.54, 1.807) is 62.4 Å². The van der Waals surface area contributed by atoms with Gasteiger partial charge in [-0.25, -0.2) is 8.42 Å². The molecule has 0 bridgehead atoms. The molecule has 10 nitrogen and oxygen atoms in total. The molecule has 0 aliphatic rings. The standard InChI is InChI=1S/C31H31N3O7S/c1-19-10-12-22(13-11-19)31(37)32-25-18-29(41-24-8-6-5-7-9-24)26(17-27(25)35)33-30(36)21(3)40-28-15-14-23(16-20(28)2)34-42(4,38)39/h5-18,21,34-35H,1-4H3,(H,32,37)(H,33,36). The zero-order valence-electron chi connectivity index (χ0n) is 23.5. The second-order valence-corrected chi connectivity index (χ2v) is 11.5. The van der Waals surface area contributed by atoms with Crippen molar-refractivity contribution in [2.75, 3.05) is 21.6 Å². The predicted molar refractivity (Wildman–Crippen MR) is 162 cm³/mol. The number of carbonyl (C=O) groups excluding carboxylic acids is 2. The number of anilines is 3. The number of benzene rings is 4. The van der Waals surface area contributed by atoms with E-state index in [9.17, 15) is 23.1 Å². The number of sulfonamides is 1. The van der Waals surface area contributed by atoms with E-state index in [0.29, 0.717) is 28.3 Å². The van der Waals surface area contributed by atoms with Gasteiger partial charge in [-0.2, -0.15) is 0 Å². The normalized spacial score (nSPS) is 11.7. The van der Waals surface area contributed by atoms with Crippen molar-refractivity contribution in [2.45, 2.75) is 26.9 Å². The lowest BCUT2D eigenvalue weighted by molar-refractivity contribution is -0.122. The molecule has 4 aromatic rings. The number of rotatable bonds is 10. The summed E-state index contributed by atoms with van der Waals surface area (Å²) >= 11 is 0. The summed E-state index contributed by atoms with van der Waals surface area (Å²) in [4.78, 5) is 25.9. The van der Waals surface area contributed by atoms with Crippen LogP contribution in [-0.2, 0) is 14.8 Å². The Morgan fingerprint density at radius 1 is 0.833 bits per heavy atom. The van der Waals surface area contributed by atoms with Gasteiger partial charge in [0, 0.05) is 23.4 Å². The number of phenols is 1. The highest BCUT2D eigenvalue weighted by molar-refractivity contribution is 7.92. The van der Waals surface area contributed by atoms with Crippen LogP contribution in [0.3, 0.4) is 0 Å². The fraction of sp³-hybridized carbons (Fsp3) is 0.161. The predicted octanol–water partition coefficient (Wildman–Crippen LogP) is 5.83. The minimum absolute atomic E-state index is 0.0900. The van der Waals surface area contributed by atoms with E-state index >= 15 is 0 Å². The lowest BCUT2D eigenvalue weighted by Gasteiger charge is -2.19. The number of nitrogens with one attached hydrogen (secondary N) is 3. The number of carbonyl (C=O) groups is 2. The van der Waals surface area contributed by atoms with E-state index in [0.717, 1.165) is 11.8 Å². The Bertz CT molecular complexity index is 1710. The lowest BCUT2D eigenvalue weighted by Crippen LogP contribution is -2.30. The molecule has 11 heteroatoms. The summed E-state index contributed by atoms with van der Waals surface area (Å²) in [5, 5.41) is 16.2. The highest BCUT2D eigenvalue weighted by atomic mass is 32.2. The Hall–Kier alpha value is -5.03.